The van der Waals surface area contributed by atoms with Crippen molar-refractivity contribution in [3.63, 3.8) is 0 Å². The number of aliphatic carboxylic acids is 1. The first-order chi connectivity index (χ1) is 8.95. The van der Waals surface area contributed by atoms with Crippen molar-refractivity contribution in [2.24, 2.45) is 16.7 Å². The second-order valence-corrected chi connectivity index (χ2v) is 6.32. The van der Waals surface area contributed by atoms with Gasteiger partial charge < -0.3 is 5.11 Å². The summed E-state index contributed by atoms with van der Waals surface area (Å²) in [5.41, 5.74) is 0.753. The van der Waals surface area contributed by atoms with Crippen LogP contribution in [0.2, 0.25) is 0 Å². The van der Waals surface area contributed by atoms with Crippen LogP contribution < -0.4 is 0 Å². The molecule has 2 aliphatic rings. The molecule has 0 unspecified atom stereocenters. The Balaban J connectivity index is 2.39. The number of carboxylic acid groups (broad SMARTS) is 1. The van der Waals surface area contributed by atoms with Crippen molar-refractivity contribution in [2.75, 3.05) is 0 Å². The van der Waals surface area contributed by atoms with Crippen LogP contribution in [0.5, 0.6) is 0 Å². The average molecular weight is 260 g/mol. The molecule has 0 aromatic heterocycles. The van der Waals surface area contributed by atoms with Crippen LogP contribution in [0.15, 0.2) is 36.0 Å². The van der Waals surface area contributed by atoms with E-state index in [0.29, 0.717) is 0 Å². The first-order valence-corrected chi connectivity index (χ1v) is 7.17. The highest BCUT2D eigenvalue weighted by atomic mass is 16.4. The fourth-order valence-corrected chi connectivity index (χ4v) is 3.88. The largest absolute Gasteiger partial charge is 0.481 e. The van der Waals surface area contributed by atoms with Gasteiger partial charge in [-0.15, -0.1) is 0 Å². The summed E-state index contributed by atoms with van der Waals surface area (Å²) in [5, 5.41) is 9.65. The molecule has 0 heterocycles. The van der Waals surface area contributed by atoms with Crippen LogP contribution in [0.25, 0.3) is 0 Å². The number of hydrogen-bond acceptors (Lipinski definition) is 1. The number of allylic oxidation sites excluding steroid dienone is 6. The van der Waals surface area contributed by atoms with Gasteiger partial charge in [0.1, 0.15) is 0 Å². The maximum Gasteiger partial charge on any atom is 0.309 e. The minimum atomic E-state index is -0.652. The minimum Gasteiger partial charge on any atom is -0.481 e. The highest BCUT2D eigenvalue weighted by Crippen LogP contribution is 2.57. The summed E-state index contributed by atoms with van der Waals surface area (Å²) in [5.74, 6) is -0.545. The van der Waals surface area contributed by atoms with Gasteiger partial charge in [-0.05, 0) is 38.5 Å². The van der Waals surface area contributed by atoms with Crippen LogP contribution in [0.1, 0.15) is 46.5 Å². The molecular weight excluding hydrogens is 236 g/mol. The average Bonchev–Trinajstić information content (AvgIpc) is 2.36. The Labute approximate surface area is 115 Å². The third kappa shape index (κ3) is 2.18. The molecule has 2 heteroatoms. The molecule has 104 valence electrons. The van der Waals surface area contributed by atoms with Gasteiger partial charge in [-0.25, -0.2) is 0 Å². The number of carbonyl (C=O) groups is 1. The minimum absolute atomic E-state index is 0.000347. The van der Waals surface area contributed by atoms with Crippen LogP contribution in [0.4, 0.5) is 0 Å². The summed E-state index contributed by atoms with van der Waals surface area (Å²) in [6.45, 7) is 6.19. The molecule has 2 nitrogen and oxygen atoms in total. The lowest BCUT2D eigenvalue weighted by Crippen LogP contribution is -2.48. The molecule has 0 saturated heterocycles. The van der Waals surface area contributed by atoms with E-state index < -0.39 is 11.4 Å². The lowest BCUT2D eigenvalue weighted by molar-refractivity contribution is -0.155. The topological polar surface area (TPSA) is 37.3 Å². The molecule has 0 bridgehead atoms. The first-order valence-electron chi connectivity index (χ1n) is 7.17. The third-order valence-corrected chi connectivity index (χ3v) is 5.16. The Hall–Kier alpha value is -1.31. The van der Waals surface area contributed by atoms with Crippen molar-refractivity contribution >= 4 is 5.97 Å². The Morgan fingerprint density at radius 1 is 1.47 bits per heavy atom. The van der Waals surface area contributed by atoms with E-state index in [1.54, 1.807) is 0 Å². The van der Waals surface area contributed by atoms with Crippen molar-refractivity contribution in [3.8, 4) is 0 Å². The van der Waals surface area contributed by atoms with Crippen molar-refractivity contribution in [2.45, 2.75) is 46.5 Å². The van der Waals surface area contributed by atoms with Crippen LogP contribution >= 0.6 is 0 Å². The van der Waals surface area contributed by atoms with Crippen molar-refractivity contribution < 1.29 is 9.90 Å². The second kappa shape index (κ2) is 4.99. The van der Waals surface area contributed by atoms with Crippen LogP contribution in [0, 0.1) is 16.7 Å². The smallest absolute Gasteiger partial charge is 0.309 e. The standard InChI is InChI=1S/C17H24O2/c1-4-5-8-13-9-6-10-14-16(13,2)11-7-12-17(14,3)15(18)19/h4-6,9-10,14H,7-8,11-12H2,1-3H3,(H,18,19)/b5-4-/t14-,16-,17+/m1/s1. The molecule has 0 spiro atoms. The summed E-state index contributed by atoms with van der Waals surface area (Å²) >= 11 is 0. The normalized spacial score (nSPS) is 38.1. The predicted octanol–water partition coefficient (Wildman–Crippen LogP) is 4.35. The molecule has 19 heavy (non-hydrogen) atoms. The highest BCUT2D eigenvalue weighted by Gasteiger charge is 2.53. The van der Waals surface area contributed by atoms with E-state index in [0.717, 1.165) is 25.7 Å². The molecule has 0 aromatic rings. The van der Waals surface area contributed by atoms with Crippen LogP contribution in [-0.4, -0.2) is 11.1 Å². The van der Waals surface area contributed by atoms with Gasteiger partial charge in [0, 0.05) is 5.92 Å². The lowest BCUT2D eigenvalue weighted by Gasteiger charge is -2.51. The molecule has 1 fully saturated rings. The molecule has 1 N–H and O–H groups in total. The molecule has 0 aromatic carbocycles. The Morgan fingerprint density at radius 2 is 2.21 bits per heavy atom. The van der Waals surface area contributed by atoms with Crippen molar-refractivity contribution in [1.29, 1.82) is 0 Å². The van der Waals surface area contributed by atoms with Crippen molar-refractivity contribution in [1.82, 2.24) is 0 Å². The number of fused-ring (bicyclic) bond motifs is 1. The second-order valence-electron chi connectivity index (χ2n) is 6.32. The van der Waals surface area contributed by atoms with Gasteiger partial charge in [0.05, 0.1) is 5.41 Å². The molecular formula is C17H24O2. The summed E-state index contributed by atoms with van der Waals surface area (Å²) < 4.78 is 0. The van der Waals surface area contributed by atoms with E-state index in [9.17, 15) is 9.90 Å². The number of carboxylic acids is 1. The Bertz CT molecular complexity index is 458. The molecule has 2 aliphatic carbocycles. The predicted molar refractivity (Wildman–Crippen MR) is 77.8 cm³/mol. The number of hydrogen-bond donors (Lipinski definition) is 1. The van der Waals surface area contributed by atoms with Gasteiger partial charge in [0.25, 0.3) is 0 Å². The van der Waals surface area contributed by atoms with Crippen LogP contribution in [0.3, 0.4) is 0 Å². The van der Waals surface area contributed by atoms with Gasteiger partial charge in [-0.1, -0.05) is 49.3 Å². The maximum atomic E-state index is 11.7. The zero-order chi connectivity index (χ0) is 14.1. The van der Waals surface area contributed by atoms with Gasteiger partial charge in [-0.2, -0.15) is 0 Å². The van der Waals surface area contributed by atoms with Gasteiger partial charge in [0.2, 0.25) is 0 Å². The van der Waals surface area contributed by atoms with E-state index in [-0.39, 0.29) is 11.3 Å². The molecule has 0 aliphatic heterocycles. The van der Waals surface area contributed by atoms with Gasteiger partial charge in [0.15, 0.2) is 0 Å². The molecule has 2 rings (SSSR count). The van der Waals surface area contributed by atoms with E-state index in [4.69, 9.17) is 0 Å². The molecule has 3 atom stereocenters. The quantitative estimate of drug-likeness (QED) is 0.766. The Morgan fingerprint density at radius 3 is 2.84 bits per heavy atom. The fourth-order valence-electron chi connectivity index (χ4n) is 3.88. The SMILES string of the molecule is C/C=C\CC1=CC=C[C@H]2[C@@](C)(C(=O)O)CCC[C@]12C. The third-order valence-electron chi connectivity index (χ3n) is 5.16. The lowest BCUT2D eigenvalue weighted by atomic mass is 9.52. The zero-order valence-electron chi connectivity index (χ0n) is 12.1. The summed E-state index contributed by atoms with van der Waals surface area (Å²) in [4.78, 5) is 11.7. The fraction of sp³-hybridized carbons (Fsp3) is 0.588. The summed E-state index contributed by atoms with van der Waals surface area (Å²) in [6, 6.07) is 0. The van der Waals surface area contributed by atoms with Crippen molar-refractivity contribution in [3.05, 3.63) is 36.0 Å². The molecule has 0 radical (unpaired) electrons. The first kappa shape index (κ1) is 14.1. The van der Waals surface area contributed by atoms with Gasteiger partial charge in [-0.3, -0.25) is 4.79 Å². The van der Waals surface area contributed by atoms with E-state index in [1.165, 1.54) is 5.57 Å². The highest BCUT2D eigenvalue weighted by molar-refractivity contribution is 5.75. The van der Waals surface area contributed by atoms with Crippen LogP contribution in [-0.2, 0) is 4.79 Å². The van der Waals surface area contributed by atoms with E-state index in [1.807, 2.05) is 13.8 Å². The van der Waals surface area contributed by atoms with E-state index >= 15 is 0 Å². The summed E-state index contributed by atoms with van der Waals surface area (Å²) in [7, 11) is 0. The van der Waals surface area contributed by atoms with E-state index in [2.05, 4.69) is 37.3 Å². The molecule has 0 amide bonds. The van der Waals surface area contributed by atoms with Gasteiger partial charge >= 0.3 is 5.97 Å². The number of rotatable bonds is 3. The Kier molecular flexibility index (Phi) is 3.71. The summed E-state index contributed by atoms with van der Waals surface area (Å²) in [6.07, 6.45) is 14.4. The zero-order valence-corrected chi connectivity index (χ0v) is 12.1. The molecule has 1 saturated carbocycles. The monoisotopic (exact) mass is 260 g/mol. The maximum absolute atomic E-state index is 11.7.